The van der Waals surface area contributed by atoms with E-state index < -0.39 is 10.0 Å². The van der Waals surface area contributed by atoms with Crippen molar-refractivity contribution in [3.8, 4) is 11.5 Å². The van der Waals surface area contributed by atoms with E-state index >= 15 is 0 Å². The smallest absolute Gasteiger partial charge is 0.243 e. The zero-order valence-electron chi connectivity index (χ0n) is 17.4. The monoisotopic (exact) mass is 432 g/mol. The lowest BCUT2D eigenvalue weighted by molar-refractivity contribution is 0.0730. The van der Waals surface area contributed by atoms with Crippen molar-refractivity contribution in [3.63, 3.8) is 0 Å². The number of hydrogen-bond donors (Lipinski definition) is 1. The number of nitrogens with one attached hydrogen (secondary N) is 1. The largest absolute Gasteiger partial charge is 0.496 e. The Kier molecular flexibility index (Phi) is 6.29. The summed E-state index contributed by atoms with van der Waals surface area (Å²) >= 11 is 0. The van der Waals surface area contributed by atoms with Crippen LogP contribution in [0.3, 0.4) is 0 Å². The molecule has 0 bridgehead atoms. The maximum atomic E-state index is 12.7. The van der Waals surface area contributed by atoms with Gasteiger partial charge in [-0.15, -0.1) is 0 Å². The third-order valence-corrected chi connectivity index (χ3v) is 7.39. The summed E-state index contributed by atoms with van der Waals surface area (Å²) in [6, 6.07) is 11.2. The Morgan fingerprint density at radius 2 is 1.87 bits per heavy atom. The molecule has 7 nitrogen and oxygen atoms in total. The lowest BCUT2D eigenvalue weighted by atomic mass is 10.1. The Labute approximate surface area is 178 Å². The average molecular weight is 433 g/mol. The Morgan fingerprint density at radius 1 is 1.13 bits per heavy atom. The second kappa shape index (κ2) is 8.93. The molecule has 162 valence electrons. The van der Waals surface area contributed by atoms with Crippen LogP contribution in [0.4, 0.5) is 0 Å². The van der Waals surface area contributed by atoms with Gasteiger partial charge in [-0.3, -0.25) is 0 Å². The van der Waals surface area contributed by atoms with Crippen molar-refractivity contribution in [1.82, 2.24) is 9.62 Å². The first-order valence-corrected chi connectivity index (χ1v) is 11.7. The molecule has 0 aromatic heterocycles. The lowest BCUT2D eigenvalue weighted by Crippen LogP contribution is -2.40. The standard InChI is InChI=1S/C22H28N2O5S/c1-16-11-18-12-21(27-2)19(13-22(18)29-16)15-23-14-17-3-5-20(6-4-17)30(25,26)24-7-9-28-10-8-24/h3-6,12-13,16,23H,7-11,14-15H2,1-2H3. The maximum absolute atomic E-state index is 12.7. The van der Waals surface area contributed by atoms with Gasteiger partial charge in [0.2, 0.25) is 10.0 Å². The topological polar surface area (TPSA) is 77.1 Å². The summed E-state index contributed by atoms with van der Waals surface area (Å²) in [5.41, 5.74) is 3.23. The summed E-state index contributed by atoms with van der Waals surface area (Å²) in [4.78, 5) is 0.319. The quantitative estimate of drug-likeness (QED) is 0.724. The minimum Gasteiger partial charge on any atom is -0.496 e. The number of benzene rings is 2. The number of methoxy groups -OCH3 is 1. The van der Waals surface area contributed by atoms with E-state index in [9.17, 15) is 8.42 Å². The molecule has 0 aliphatic carbocycles. The van der Waals surface area contributed by atoms with Gasteiger partial charge in [0.05, 0.1) is 25.2 Å². The average Bonchev–Trinajstić information content (AvgIpc) is 3.13. The van der Waals surface area contributed by atoms with Crippen LogP contribution in [0.1, 0.15) is 23.6 Å². The van der Waals surface area contributed by atoms with Gasteiger partial charge in [0.25, 0.3) is 0 Å². The molecule has 1 atom stereocenters. The highest BCUT2D eigenvalue weighted by Crippen LogP contribution is 2.35. The van der Waals surface area contributed by atoms with Gasteiger partial charge < -0.3 is 19.5 Å². The van der Waals surface area contributed by atoms with E-state index in [1.54, 1.807) is 19.2 Å². The van der Waals surface area contributed by atoms with Crippen molar-refractivity contribution >= 4 is 10.0 Å². The van der Waals surface area contributed by atoms with Crippen molar-refractivity contribution in [2.24, 2.45) is 0 Å². The fraction of sp³-hybridized carbons (Fsp3) is 0.455. The first kappa shape index (κ1) is 21.1. The van der Waals surface area contributed by atoms with Gasteiger partial charge in [0.15, 0.2) is 0 Å². The van der Waals surface area contributed by atoms with Crippen molar-refractivity contribution in [1.29, 1.82) is 0 Å². The van der Waals surface area contributed by atoms with Gasteiger partial charge in [-0.25, -0.2) is 8.42 Å². The van der Waals surface area contributed by atoms with Crippen LogP contribution in [0.25, 0.3) is 0 Å². The summed E-state index contributed by atoms with van der Waals surface area (Å²) in [5, 5.41) is 3.40. The van der Waals surface area contributed by atoms with Crippen molar-refractivity contribution in [3.05, 3.63) is 53.1 Å². The number of nitrogens with zero attached hydrogens (tertiary/aromatic N) is 1. The van der Waals surface area contributed by atoms with Crippen LogP contribution in [0.2, 0.25) is 0 Å². The fourth-order valence-electron chi connectivity index (χ4n) is 3.87. The number of fused-ring (bicyclic) bond motifs is 1. The van der Waals surface area contributed by atoms with Gasteiger partial charge in [0.1, 0.15) is 17.6 Å². The van der Waals surface area contributed by atoms with Crippen LogP contribution >= 0.6 is 0 Å². The summed E-state index contributed by atoms with van der Waals surface area (Å²) in [6.45, 7) is 4.99. The van der Waals surface area contributed by atoms with Crippen molar-refractivity contribution in [2.45, 2.75) is 37.4 Å². The number of sulfonamides is 1. The first-order valence-electron chi connectivity index (χ1n) is 10.2. The Balaban J connectivity index is 1.38. The predicted octanol–water partition coefficient (Wildman–Crippen LogP) is 2.33. The SMILES string of the molecule is COc1cc2c(cc1CNCc1ccc(S(=O)(=O)N3CCOCC3)cc1)OC(C)C2. The van der Waals surface area contributed by atoms with Crippen LogP contribution in [-0.4, -0.2) is 52.2 Å². The van der Waals surface area contributed by atoms with Gasteiger partial charge in [-0.2, -0.15) is 4.31 Å². The van der Waals surface area contributed by atoms with Gasteiger partial charge in [0, 0.05) is 43.7 Å². The van der Waals surface area contributed by atoms with Crippen LogP contribution in [-0.2, 0) is 34.3 Å². The number of hydrogen-bond acceptors (Lipinski definition) is 6. The molecule has 4 rings (SSSR count). The Bertz CT molecular complexity index is 985. The van der Waals surface area contributed by atoms with Crippen LogP contribution in [0.5, 0.6) is 11.5 Å². The van der Waals surface area contributed by atoms with Crippen LogP contribution < -0.4 is 14.8 Å². The molecule has 30 heavy (non-hydrogen) atoms. The predicted molar refractivity (Wildman–Crippen MR) is 113 cm³/mol. The molecule has 1 fully saturated rings. The van der Waals surface area contributed by atoms with Gasteiger partial charge in [-0.05, 0) is 36.8 Å². The van der Waals surface area contributed by atoms with Gasteiger partial charge >= 0.3 is 0 Å². The van der Waals surface area contributed by atoms with E-state index in [1.165, 1.54) is 9.87 Å². The molecule has 2 aliphatic rings. The highest BCUT2D eigenvalue weighted by Gasteiger charge is 2.26. The highest BCUT2D eigenvalue weighted by molar-refractivity contribution is 7.89. The van der Waals surface area contributed by atoms with Crippen LogP contribution in [0.15, 0.2) is 41.3 Å². The molecule has 2 aromatic carbocycles. The Morgan fingerprint density at radius 3 is 2.57 bits per heavy atom. The highest BCUT2D eigenvalue weighted by atomic mass is 32.2. The molecular weight excluding hydrogens is 404 g/mol. The maximum Gasteiger partial charge on any atom is 0.243 e. The number of morpholine rings is 1. The summed E-state index contributed by atoms with van der Waals surface area (Å²) in [5.74, 6) is 1.78. The zero-order valence-corrected chi connectivity index (χ0v) is 18.2. The van der Waals surface area contributed by atoms with E-state index in [4.69, 9.17) is 14.2 Å². The molecule has 0 saturated carbocycles. The fourth-order valence-corrected chi connectivity index (χ4v) is 5.27. The second-order valence-corrected chi connectivity index (χ2v) is 9.61. The zero-order chi connectivity index (χ0) is 21.1. The third-order valence-electron chi connectivity index (χ3n) is 5.47. The first-order chi connectivity index (χ1) is 14.5. The van der Waals surface area contributed by atoms with E-state index in [1.807, 2.05) is 18.2 Å². The minimum absolute atomic E-state index is 0.195. The molecule has 1 N–H and O–H groups in total. The van der Waals surface area contributed by atoms with E-state index in [-0.39, 0.29) is 6.10 Å². The van der Waals surface area contributed by atoms with Gasteiger partial charge in [-0.1, -0.05) is 12.1 Å². The Hall–Kier alpha value is -2.13. The molecule has 0 radical (unpaired) electrons. The molecule has 1 unspecified atom stereocenters. The molecule has 0 amide bonds. The number of rotatable bonds is 7. The minimum atomic E-state index is -3.46. The van der Waals surface area contributed by atoms with E-state index in [0.29, 0.717) is 44.3 Å². The summed E-state index contributed by atoms with van der Waals surface area (Å²) in [6.07, 6.45) is 1.10. The second-order valence-electron chi connectivity index (χ2n) is 7.67. The van der Waals surface area contributed by atoms with Crippen LogP contribution in [0, 0.1) is 0 Å². The molecule has 0 spiro atoms. The molecule has 2 aliphatic heterocycles. The summed E-state index contributed by atoms with van der Waals surface area (Å²) in [7, 11) is -1.78. The molecule has 2 heterocycles. The van der Waals surface area contributed by atoms with E-state index in [0.717, 1.165) is 29.0 Å². The third kappa shape index (κ3) is 4.46. The summed E-state index contributed by atoms with van der Waals surface area (Å²) < 4.78 is 43.5. The molecule has 1 saturated heterocycles. The van der Waals surface area contributed by atoms with E-state index in [2.05, 4.69) is 18.3 Å². The molecular formula is C22H28N2O5S. The normalized spacial score (nSPS) is 19.3. The van der Waals surface area contributed by atoms with Crippen molar-refractivity contribution in [2.75, 3.05) is 33.4 Å². The lowest BCUT2D eigenvalue weighted by Gasteiger charge is -2.26. The number of ether oxygens (including phenoxy) is 3. The molecule has 2 aromatic rings. The van der Waals surface area contributed by atoms with Crippen molar-refractivity contribution < 1.29 is 22.6 Å². The molecule has 8 heteroatoms.